The highest BCUT2D eigenvalue weighted by atomic mass is 35.5. The van der Waals surface area contributed by atoms with Crippen LogP contribution in [0, 0.1) is 6.92 Å². The molecule has 2 heterocycles. The molecule has 0 saturated heterocycles. The van der Waals surface area contributed by atoms with E-state index in [-0.39, 0.29) is 0 Å². The van der Waals surface area contributed by atoms with Crippen LogP contribution in [0.3, 0.4) is 0 Å². The maximum atomic E-state index is 5.99. The second-order valence-corrected chi connectivity index (χ2v) is 6.62. The summed E-state index contributed by atoms with van der Waals surface area (Å²) in [5.41, 5.74) is 3.48. The van der Waals surface area contributed by atoms with Crippen molar-refractivity contribution >= 4 is 17.3 Å². The molecule has 6 nitrogen and oxygen atoms in total. The molecule has 4 rings (SSSR count). The van der Waals surface area contributed by atoms with Gasteiger partial charge in [-0.05, 0) is 55.5 Å². The molecule has 4 aromatic rings. The number of nitrogens with zero attached hydrogens (tertiary/aromatic N) is 4. The van der Waals surface area contributed by atoms with Crippen LogP contribution in [0.15, 0.2) is 72.9 Å². The number of para-hydroxylation sites is 1. The number of rotatable bonds is 6. The molecule has 2 aromatic carbocycles. The molecular formula is C21H18ClN5O. The van der Waals surface area contributed by atoms with E-state index >= 15 is 0 Å². The van der Waals surface area contributed by atoms with Gasteiger partial charge in [-0.15, -0.1) is 5.10 Å². The third-order valence-electron chi connectivity index (χ3n) is 4.02. The first-order valence-corrected chi connectivity index (χ1v) is 9.16. The van der Waals surface area contributed by atoms with Gasteiger partial charge in [0.05, 0.1) is 18.4 Å². The average Bonchev–Trinajstić information content (AvgIpc) is 3.16. The van der Waals surface area contributed by atoms with Gasteiger partial charge in [-0.1, -0.05) is 35.0 Å². The monoisotopic (exact) mass is 391 g/mol. The number of ether oxygens (including phenoxy) is 1. The fourth-order valence-electron chi connectivity index (χ4n) is 2.72. The summed E-state index contributed by atoms with van der Waals surface area (Å²) >= 11 is 5.99. The third-order valence-corrected chi connectivity index (χ3v) is 4.21. The Bertz CT molecular complexity index is 1040. The number of aryl methyl sites for hydroxylation is 1. The lowest BCUT2D eigenvalue weighted by atomic mass is 10.3. The van der Waals surface area contributed by atoms with E-state index in [1.54, 1.807) is 10.7 Å². The maximum Gasteiger partial charge on any atom is 0.131 e. The van der Waals surface area contributed by atoms with Crippen LogP contribution < -0.4 is 10.1 Å². The van der Waals surface area contributed by atoms with E-state index in [1.165, 1.54) is 0 Å². The smallest absolute Gasteiger partial charge is 0.131 e. The predicted molar refractivity (Wildman–Crippen MR) is 109 cm³/mol. The first-order chi connectivity index (χ1) is 13.7. The van der Waals surface area contributed by atoms with Crippen molar-refractivity contribution in [3.63, 3.8) is 0 Å². The lowest BCUT2D eigenvalue weighted by molar-refractivity contribution is 0.482. The van der Waals surface area contributed by atoms with E-state index in [0.29, 0.717) is 11.7 Å². The predicted octanol–water partition coefficient (Wildman–Crippen LogP) is 5.03. The largest absolute Gasteiger partial charge is 0.457 e. The molecule has 0 spiro atoms. The molecule has 0 aliphatic rings. The lowest BCUT2D eigenvalue weighted by Crippen LogP contribution is -2.00. The zero-order chi connectivity index (χ0) is 19.3. The molecule has 0 amide bonds. The van der Waals surface area contributed by atoms with Crippen molar-refractivity contribution in [3.05, 3.63) is 89.5 Å². The third kappa shape index (κ3) is 4.47. The van der Waals surface area contributed by atoms with Crippen molar-refractivity contribution in [2.75, 3.05) is 5.32 Å². The van der Waals surface area contributed by atoms with Crippen molar-refractivity contribution in [1.82, 2.24) is 20.0 Å². The summed E-state index contributed by atoms with van der Waals surface area (Å²) in [6.07, 6.45) is 1.88. The number of halogens is 1. The highest BCUT2D eigenvalue weighted by Gasteiger charge is 2.05. The van der Waals surface area contributed by atoms with Crippen molar-refractivity contribution in [2.45, 2.75) is 13.5 Å². The molecule has 0 aliphatic heterocycles. The molecule has 140 valence electrons. The van der Waals surface area contributed by atoms with Gasteiger partial charge < -0.3 is 10.1 Å². The summed E-state index contributed by atoms with van der Waals surface area (Å²) in [5.74, 6) is 1.57. The minimum atomic E-state index is 0.462. The Kier molecular flexibility index (Phi) is 5.21. The lowest BCUT2D eigenvalue weighted by Gasteiger charge is -2.06. The molecule has 0 bridgehead atoms. The first-order valence-electron chi connectivity index (χ1n) is 8.78. The number of hydrogen-bond acceptors (Lipinski definition) is 5. The molecule has 0 fully saturated rings. The highest BCUT2D eigenvalue weighted by molar-refractivity contribution is 6.29. The van der Waals surface area contributed by atoms with E-state index in [2.05, 4.69) is 20.6 Å². The van der Waals surface area contributed by atoms with E-state index < -0.39 is 0 Å². The quantitative estimate of drug-likeness (QED) is 0.467. The van der Waals surface area contributed by atoms with Gasteiger partial charge in [-0.25, -0.2) is 9.67 Å². The fourth-order valence-corrected chi connectivity index (χ4v) is 2.97. The van der Waals surface area contributed by atoms with Crippen molar-refractivity contribution in [3.8, 4) is 17.2 Å². The summed E-state index contributed by atoms with van der Waals surface area (Å²) in [6.45, 7) is 2.44. The van der Waals surface area contributed by atoms with Crippen molar-refractivity contribution < 1.29 is 4.74 Å². The van der Waals surface area contributed by atoms with Crippen LogP contribution in [-0.4, -0.2) is 20.0 Å². The Balaban J connectivity index is 1.41. The van der Waals surface area contributed by atoms with Crippen LogP contribution in [0.1, 0.15) is 11.4 Å². The van der Waals surface area contributed by atoms with Gasteiger partial charge in [-0.2, -0.15) is 0 Å². The number of benzene rings is 2. The summed E-state index contributed by atoms with van der Waals surface area (Å²) in [7, 11) is 0. The molecule has 28 heavy (non-hydrogen) atoms. The van der Waals surface area contributed by atoms with Crippen LogP contribution in [0.4, 0.5) is 5.69 Å². The molecule has 0 atom stereocenters. The summed E-state index contributed by atoms with van der Waals surface area (Å²) in [4.78, 5) is 4.15. The van der Waals surface area contributed by atoms with Gasteiger partial charge in [-0.3, -0.25) is 0 Å². The number of anilines is 1. The van der Waals surface area contributed by atoms with Gasteiger partial charge in [0.1, 0.15) is 22.3 Å². The molecule has 0 aliphatic carbocycles. The average molecular weight is 392 g/mol. The molecule has 1 N–H and O–H groups in total. The van der Waals surface area contributed by atoms with E-state index in [9.17, 15) is 0 Å². The topological polar surface area (TPSA) is 64.9 Å². The second kappa shape index (κ2) is 8.10. The van der Waals surface area contributed by atoms with Gasteiger partial charge in [0, 0.05) is 11.4 Å². The van der Waals surface area contributed by atoms with Crippen molar-refractivity contribution in [2.24, 2.45) is 0 Å². The summed E-state index contributed by atoms with van der Waals surface area (Å²) < 4.78 is 7.54. The SMILES string of the molecule is Cc1cc(NCc2cn(-c3ccc(Oc4ccccc4)cc3)nn2)cc(Cl)n1. The van der Waals surface area contributed by atoms with E-state index in [4.69, 9.17) is 16.3 Å². The van der Waals surface area contributed by atoms with E-state index in [0.717, 1.165) is 34.3 Å². The van der Waals surface area contributed by atoms with Gasteiger partial charge in [0.15, 0.2) is 0 Å². The minimum absolute atomic E-state index is 0.462. The second-order valence-electron chi connectivity index (χ2n) is 6.24. The minimum Gasteiger partial charge on any atom is -0.457 e. The van der Waals surface area contributed by atoms with Gasteiger partial charge in [0.25, 0.3) is 0 Å². The number of pyridine rings is 1. The molecule has 0 unspecified atom stereocenters. The number of nitrogens with one attached hydrogen (secondary N) is 1. The molecule has 0 radical (unpaired) electrons. The first kappa shape index (κ1) is 18.0. The van der Waals surface area contributed by atoms with Gasteiger partial charge >= 0.3 is 0 Å². The Morgan fingerprint density at radius 2 is 1.75 bits per heavy atom. The Hall–Kier alpha value is -3.38. The summed E-state index contributed by atoms with van der Waals surface area (Å²) in [5, 5.41) is 12.2. The Morgan fingerprint density at radius 3 is 2.50 bits per heavy atom. The summed E-state index contributed by atoms with van der Waals surface area (Å²) in [6, 6.07) is 21.1. The number of hydrogen-bond donors (Lipinski definition) is 1. The highest BCUT2D eigenvalue weighted by Crippen LogP contribution is 2.22. The van der Waals surface area contributed by atoms with Crippen LogP contribution in [0.5, 0.6) is 11.5 Å². The molecular weight excluding hydrogens is 374 g/mol. The molecule has 7 heteroatoms. The maximum absolute atomic E-state index is 5.99. The molecule has 2 aromatic heterocycles. The van der Waals surface area contributed by atoms with Crippen LogP contribution in [0.25, 0.3) is 5.69 Å². The van der Waals surface area contributed by atoms with Crippen LogP contribution in [-0.2, 0) is 6.54 Å². The zero-order valence-electron chi connectivity index (χ0n) is 15.2. The fraction of sp³-hybridized carbons (Fsp3) is 0.0952. The normalized spacial score (nSPS) is 10.6. The molecule has 0 saturated carbocycles. The van der Waals surface area contributed by atoms with Crippen LogP contribution in [0.2, 0.25) is 5.15 Å². The number of aromatic nitrogens is 4. The Morgan fingerprint density at radius 1 is 1.00 bits per heavy atom. The van der Waals surface area contributed by atoms with Crippen LogP contribution >= 0.6 is 11.6 Å². The van der Waals surface area contributed by atoms with Crippen molar-refractivity contribution in [1.29, 1.82) is 0 Å². The van der Waals surface area contributed by atoms with E-state index in [1.807, 2.05) is 73.8 Å². The standard InChI is InChI=1S/C21H18ClN5O/c1-15-11-16(12-21(22)24-15)23-13-17-14-27(26-25-17)18-7-9-20(10-8-18)28-19-5-3-2-4-6-19/h2-12,14H,13H2,1H3,(H,23,24). The van der Waals surface area contributed by atoms with Gasteiger partial charge in [0.2, 0.25) is 0 Å². The zero-order valence-corrected chi connectivity index (χ0v) is 16.0. The Labute approximate surface area is 167 Å².